The Morgan fingerprint density at radius 3 is 3.08 bits per heavy atom. The van der Waals surface area contributed by atoms with E-state index in [0.717, 1.165) is 25.3 Å². The Balaban J connectivity index is 2.02. The largest absolute Gasteiger partial charge is 0.468 e. The number of likely N-dealkylation sites (tertiary alicyclic amines) is 1. The van der Waals surface area contributed by atoms with E-state index in [9.17, 15) is 5.11 Å². The summed E-state index contributed by atoms with van der Waals surface area (Å²) >= 11 is 0. The number of β-amino-alcohol motifs (C(OH)–C–C–N with tert-alkyl or cyclic N) is 1. The number of furan rings is 1. The Hall–Kier alpha value is -0.800. The van der Waals surface area contributed by atoms with E-state index >= 15 is 0 Å². The van der Waals surface area contributed by atoms with Crippen molar-refractivity contribution in [1.82, 2.24) is 4.90 Å². The van der Waals surface area contributed by atoms with Crippen molar-refractivity contribution in [2.45, 2.75) is 25.5 Å². The van der Waals surface area contributed by atoms with Crippen LogP contribution in [0.3, 0.4) is 0 Å². The zero-order chi connectivity index (χ0) is 9.26. The van der Waals surface area contributed by atoms with E-state index in [4.69, 9.17) is 4.42 Å². The molecule has 1 aliphatic rings. The van der Waals surface area contributed by atoms with Crippen LogP contribution in [-0.4, -0.2) is 29.2 Å². The molecule has 1 fully saturated rings. The number of hydrogen-bond donors (Lipinski definition) is 1. The predicted molar refractivity (Wildman–Crippen MR) is 49.3 cm³/mol. The number of rotatable bonds is 2. The molecule has 0 amide bonds. The lowest BCUT2D eigenvalue weighted by atomic mass is 10.2. The van der Waals surface area contributed by atoms with Crippen LogP contribution in [0.1, 0.15) is 25.1 Å². The standard InChI is InChI=1S/C10H15NO2/c1-8(10-3-2-6-13-10)11-5-4-9(12)7-11/h2-3,6,8-9,12H,4-5,7H2,1H3/t8-,9-/m1/s1. The first-order valence-corrected chi connectivity index (χ1v) is 4.73. The molecule has 1 N–H and O–H groups in total. The molecule has 13 heavy (non-hydrogen) atoms. The third kappa shape index (κ3) is 1.76. The predicted octanol–water partition coefficient (Wildman–Crippen LogP) is 1.41. The molecule has 0 spiro atoms. The van der Waals surface area contributed by atoms with Gasteiger partial charge in [0.05, 0.1) is 18.4 Å². The van der Waals surface area contributed by atoms with Crippen molar-refractivity contribution in [2.75, 3.05) is 13.1 Å². The zero-order valence-corrected chi connectivity index (χ0v) is 7.81. The normalized spacial score (nSPS) is 26.5. The molecule has 0 bridgehead atoms. The molecule has 3 nitrogen and oxygen atoms in total. The molecule has 0 saturated carbocycles. The van der Waals surface area contributed by atoms with Crippen LogP contribution in [0.4, 0.5) is 0 Å². The maximum absolute atomic E-state index is 9.37. The summed E-state index contributed by atoms with van der Waals surface area (Å²) in [7, 11) is 0. The van der Waals surface area contributed by atoms with Crippen LogP contribution in [-0.2, 0) is 0 Å². The lowest BCUT2D eigenvalue weighted by Crippen LogP contribution is -2.25. The van der Waals surface area contributed by atoms with E-state index in [0.29, 0.717) is 0 Å². The first kappa shape index (κ1) is 8.78. The Morgan fingerprint density at radius 2 is 2.54 bits per heavy atom. The number of aliphatic hydroxyl groups excluding tert-OH is 1. The van der Waals surface area contributed by atoms with Crippen molar-refractivity contribution >= 4 is 0 Å². The van der Waals surface area contributed by atoms with Gasteiger partial charge in [0.15, 0.2) is 0 Å². The van der Waals surface area contributed by atoms with Gasteiger partial charge in [-0.2, -0.15) is 0 Å². The molecular weight excluding hydrogens is 166 g/mol. The van der Waals surface area contributed by atoms with Gasteiger partial charge in [-0.15, -0.1) is 0 Å². The van der Waals surface area contributed by atoms with E-state index in [-0.39, 0.29) is 12.1 Å². The van der Waals surface area contributed by atoms with Gasteiger partial charge < -0.3 is 9.52 Å². The monoisotopic (exact) mass is 181 g/mol. The highest BCUT2D eigenvalue weighted by atomic mass is 16.3. The molecule has 1 saturated heterocycles. The zero-order valence-electron chi connectivity index (χ0n) is 7.81. The maximum atomic E-state index is 9.37. The second kappa shape index (κ2) is 3.52. The minimum Gasteiger partial charge on any atom is -0.468 e. The maximum Gasteiger partial charge on any atom is 0.120 e. The Labute approximate surface area is 78.0 Å². The van der Waals surface area contributed by atoms with Crippen LogP contribution >= 0.6 is 0 Å². The van der Waals surface area contributed by atoms with Gasteiger partial charge in [0, 0.05) is 13.1 Å². The van der Waals surface area contributed by atoms with Gasteiger partial charge in [0.25, 0.3) is 0 Å². The van der Waals surface area contributed by atoms with E-state index in [2.05, 4.69) is 11.8 Å². The van der Waals surface area contributed by atoms with E-state index in [1.54, 1.807) is 6.26 Å². The van der Waals surface area contributed by atoms with E-state index < -0.39 is 0 Å². The average molecular weight is 181 g/mol. The molecule has 72 valence electrons. The smallest absolute Gasteiger partial charge is 0.120 e. The fourth-order valence-electron chi connectivity index (χ4n) is 1.83. The van der Waals surface area contributed by atoms with Crippen LogP contribution in [0.25, 0.3) is 0 Å². The fourth-order valence-corrected chi connectivity index (χ4v) is 1.83. The average Bonchev–Trinajstić information content (AvgIpc) is 2.72. The highest BCUT2D eigenvalue weighted by Crippen LogP contribution is 2.24. The second-order valence-corrected chi connectivity index (χ2v) is 3.63. The highest BCUT2D eigenvalue weighted by Gasteiger charge is 2.26. The lowest BCUT2D eigenvalue weighted by Gasteiger charge is -2.21. The van der Waals surface area contributed by atoms with Gasteiger partial charge in [0.1, 0.15) is 5.76 Å². The first-order valence-electron chi connectivity index (χ1n) is 4.73. The highest BCUT2D eigenvalue weighted by molar-refractivity contribution is 5.04. The van der Waals surface area contributed by atoms with Gasteiger partial charge in [0.2, 0.25) is 0 Å². The van der Waals surface area contributed by atoms with Crippen LogP contribution in [0.5, 0.6) is 0 Å². The molecular formula is C10H15NO2. The minimum atomic E-state index is -0.155. The second-order valence-electron chi connectivity index (χ2n) is 3.63. The van der Waals surface area contributed by atoms with Crippen molar-refractivity contribution in [3.63, 3.8) is 0 Å². The van der Waals surface area contributed by atoms with Crippen LogP contribution < -0.4 is 0 Å². The summed E-state index contributed by atoms with van der Waals surface area (Å²) in [6.07, 6.45) is 2.42. The Bertz CT molecular complexity index is 258. The van der Waals surface area contributed by atoms with Crippen LogP contribution in [0.15, 0.2) is 22.8 Å². The van der Waals surface area contributed by atoms with Gasteiger partial charge >= 0.3 is 0 Å². The summed E-state index contributed by atoms with van der Waals surface area (Å²) in [6.45, 7) is 3.84. The summed E-state index contributed by atoms with van der Waals surface area (Å²) < 4.78 is 5.32. The van der Waals surface area contributed by atoms with Crippen molar-refractivity contribution in [2.24, 2.45) is 0 Å². The molecule has 1 aromatic heterocycles. The molecule has 2 rings (SSSR count). The quantitative estimate of drug-likeness (QED) is 0.749. The minimum absolute atomic E-state index is 0.155. The third-order valence-electron chi connectivity index (χ3n) is 2.70. The number of nitrogens with zero attached hydrogens (tertiary/aromatic N) is 1. The number of hydrogen-bond acceptors (Lipinski definition) is 3. The summed E-state index contributed by atoms with van der Waals surface area (Å²) in [5.74, 6) is 0.981. The fraction of sp³-hybridized carbons (Fsp3) is 0.600. The van der Waals surface area contributed by atoms with Gasteiger partial charge in [-0.1, -0.05) is 0 Å². The van der Waals surface area contributed by atoms with Crippen LogP contribution in [0.2, 0.25) is 0 Å². The summed E-state index contributed by atoms with van der Waals surface area (Å²) in [5, 5.41) is 9.37. The van der Waals surface area contributed by atoms with Gasteiger partial charge in [-0.25, -0.2) is 0 Å². The molecule has 0 aromatic carbocycles. The molecule has 3 heteroatoms. The summed E-state index contributed by atoms with van der Waals surface area (Å²) in [5.41, 5.74) is 0. The van der Waals surface area contributed by atoms with Gasteiger partial charge in [-0.3, -0.25) is 4.90 Å². The van der Waals surface area contributed by atoms with Crippen molar-refractivity contribution < 1.29 is 9.52 Å². The van der Waals surface area contributed by atoms with Crippen molar-refractivity contribution in [3.8, 4) is 0 Å². The third-order valence-corrected chi connectivity index (χ3v) is 2.70. The van der Waals surface area contributed by atoms with E-state index in [1.165, 1.54) is 0 Å². The van der Waals surface area contributed by atoms with Gasteiger partial charge in [-0.05, 0) is 25.5 Å². The molecule has 0 aliphatic carbocycles. The summed E-state index contributed by atoms with van der Waals surface area (Å²) in [6, 6.07) is 4.17. The molecule has 1 aliphatic heterocycles. The molecule has 2 heterocycles. The Morgan fingerprint density at radius 1 is 1.69 bits per heavy atom. The summed E-state index contributed by atoms with van der Waals surface area (Å²) in [4.78, 5) is 2.24. The Kier molecular flexibility index (Phi) is 2.38. The SMILES string of the molecule is C[C@H](c1ccco1)N1CC[C@@H](O)C1. The molecule has 2 atom stereocenters. The lowest BCUT2D eigenvalue weighted by molar-refractivity contribution is 0.156. The first-order chi connectivity index (χ1) is 6.27. The van der Waals surface area contributed by atoms with Crippen molar-refractivity contribution in [1.29, 1.82) is 0 Å². The van der Waals surface area contributed by atoms with Crippen molar-refractivity contribution in [3.05, 3.63) is 24.2 Å². The van der Waals surface area contributed by atoms with Crippen LogP contribution in [0, 0.1) is 0 Å². The molecule has 1 aromatic rings. The molecule has 0 unspecified atom stereocenters. The topological polar surface area (TPSA) is 36.6 Å². The molecule has 0 radical (unpaired) electrons. The number of aliphatic hydroxyl groups is 1. The van der Waals surface area contributed by atoms with E-state index in [1.807, 2.05) is 12.1 Å².